The van der Waals surface area contributed by atoms with Crippen LogP contribution < -0.4 is 5.32 Å². The van der Waals surface area contributed by atoms with Crippen molar-refractivity contribution < 1.29 is 0 Å². The number of nitrogens with zero attached hydrogens (tertiary/aromatic N) is 2. The van der Waals surface area contributed by atoms with Gasteiger partial charge in [0.1, 0.15) is 0 Å². The molecule has 0 saturated carbocycles. The maximum absolute atomic E-state index is 4.46. The van der Waals surface area contributed by atoms with E-state index in [9.17, 15) is 0 Å². The first-order valence-electron chi connectivity index (χ1n) is 7.10. The zero-order valence-corrected chi connectivity index (χ0v) is 12.9. The second-order valence-electron chi connectivity index (χ2n) is 4.62. The van der Waals surface area contributed by atoms with E-state index in [1.54, 1.807) is 11.3 Å². The van der Waals surface area contributed by atoms with Crippen LogP contribution in [0.4, 0.5) is 0 Å². The molecule has 18 heavy (non-hydrogen) atoms. The summed E-state index contributed by atoms with van der Waals surface area (Å²) >= 11 is 1.77. The molecule has 1 aromatic heterocycles. The van der Waals surface area contributed by atoms with Gasteiger partial charge in [-0.05, 0) is 45.9 Å². The highest BCUT2D eigenvalue weighted by molar-refractivity contribution is 7.09. The highest BCUT2D eigenvalue weighted by Crippen LogP contribution is 2.08. The lowest BCUT2D eigenvalue weighted by Gasteiger charge is -2.17. The molecule has 0 radical (unpaired) electrons. The van der Waals surface area contributed by atoms with E-state index < -0.39 is 0 Å². The van der Waals surface area contributed by atoms with Crippen molar-refractivity contribution >= 4 is 11.3 Å². The van der Waals surface area contributed by atoms with Crippen molar-refractivity contribution in [3.8, 4) is 0 Å². The van der Waals surface area contributed by atoms with Gasteiger partial charge in [-0.25, -0.2) is 4.98 Å². The second kappa shape index (κ2) is 9.48. The minimum Gasteiger partial charge on any atom is -0.316 e. The zero-order valence-electron chi connectivity index (χ0n) is 12.0. The topological polar surface area (TPSA) is 28.2 Å². The largest absolute Gasteiger partial charge is 0.316 e. The molecule has 0 aliphatic carbocycles. The molecule has 104 valence electrons. The molecule has 0 saturated heterocycles. The summed E-state index contributed by atoms with van der Waals surface area (Å²) in [7, 11) is 0. The molecule has 0 fully saturated rings. The second-order valence-corrected chi connectivity index (χ2v) is 5.56. The predicted octanol–water partition coefficient (Wildman–Crippen LogP) is 2.71. The first-order valence-corrected chi connectivity index (χ1v) is 7.98. The van der Waals surface area contributed by atoms with Crippen LogP contribution in [0.15, 0.2) is 5.38 Å². The summed E-state index contributed by atoms with van der Waals surface area (Å²) in [5.74, 6) is 0. The van der Waals surface area contributed by atoms with Crippen LogP contribution in [0.2, 0.25) is 0 Å². The Bertz CT molecular complexity index is 308. The van der Waals surface area contributed by atoms with Crippen molar-refractivity contribution in [3.63, 3.8) is 0 Å². The van der Waals surface area contributed by atoms with Gasteiger partial charge in [-0.15, -0.1) is 11.3 Å². The van der Waals surface area contributed by atoms with E-state index in [1.165, 1.54) is 37.5 Å². The number of hydrogen-bond donors (Lipinski definition) is 1. The summed E-state index contributed by atoms with van der Waals surface area (Å²) in [5.41, 5.74) is 1.15. The fourth-order valence-electron chi connectivity index (χ4n) is 1.96. The molecular weight excluding hydrogens is 242 g/mol. The molecule has 0 aliphatic heterocycles. The molecule has 1 heterocycles. The maximum Gasteiger partial charge on any atom is 0.0940 e. The van der Waals surface area contributed by atoms with Crippen molar-refractivity contribution in [2.24, 2.45) is 0 Å². The predicted molar refractivity (Wildman–Crippen MR) is 80.4 cm³/mol. The number of rotatable bonds is 10. The highest BCUT2D eigenvalue weighted by Gasteiger charge is 1.99. The van der Waals surface area contributed by atoms with Crippen molar-refractivity contribution in [3.05, 3.63) is 16.1 Å². The number of aromatic nitrogens is 1. The Balaban J connectivity index is 1.93. The minimum atomic E-state index is 1.05. The average molecular weight is 269 g/mol. The molecule has 4 heteroatoms. The SMILES string of the molecule is CCN(CC)CCCCNCCc1nc(C)cs1. The first kappa shape index (κ1) is 15.6. The Morgan fingerprint density at radius 1 is 1.22 bits per heavy atom. The van der Waals surface area contributed by atoms with E-state index in [1.807, 2.05) is 0 Å². The van der Waals surface area contributed by atoms with Gasteiger partial charge in [-0.3, -0.25) is 0 Å². The number of nitrogens with one attached hydrogen (secondary N) is 1. The molecule has 1 N–H and O–H groups in total. The Morgan fingerprint density at radius 2 is 2.00 bits per heavy atom. The van der Waals surface area contributed by atoms with Gasteiger partial charge in [0.2, 0.25) is 0 Å². The van der Waals surface area contributed by atoms with E-state index >= 15 is 0 Å². The van der Waals surface area contributed by atoms with Crippen LogP contribution in [0.25, 0.3) is 0 Å². The number of aryl methyl sites for hydroxylation is 1. The molecular formula is C14H27N3S. The van der Waals surface area contributed by atoms with Crippen LogP contribution in [0.3, 0.4) is 0 Å². The Labute approximate surface area is 116 Å². The Morgan fingerprint density at radius 3 is 2.61 bits per heavy atom. The lowest BCUT2D eigenvalue weighted by atomic mass is 10.3. The molecule has 0 bridgehead atoms. The van der Waals surface area contributed by atoms with Gasteiger partial charge in [0.15, 0.2) is 0 Å². The summed E-state index contributed by atoms with van der Waals surface area (Å²) in [4.78, 5) is 6.95. The Kier molecular flexibility index (Phi) is 8.22. The third-order valence-corrected chi connectivity index (χ3v) is 4.18. The number of unbranched alkanes of at least 4 members (excludes halogenated alkanes) is 1. The lowest BCUT2D eigenvalue weighted by molar-refractivity contribution is 0.296. The van der Waals surface area contributed by atoms with Gasteiger partial charge >= 0.3 is 0 Å². The van der Waals surface area contributed by atoms with Gasteiger partial charge in [0.25, 0.3) is 0 Å². The molecule has 0 spiro atoms. The van der Waals surface area contributed by atoms with Crippen LogP contribution in [0, 0.1) is 6.92 Å². The fraction of sp³-hybridized carbons (Fsp3) is 0.786. The Hall–Kier alpha value is -0.450. The quantitative estimate of drug-likeness (QED) is 0.662. The van der Waals surface area contributed by atoms with Crippen molar-refractivity contribution in [1.82, 2.24) is 15.2 Å². The van der Waals surface area contributed by atoms with Gasteiger partial charge in [-0.2, -0.15) is 0 Å². The molecule has 0 aromatic carbocycles. The van der Waals surface area contributed by atoms with Crippen LogP contribution >= 0.6 is 11.3 Å². The summed E-state index contributed by atoms with van der Waals surface area (Å²) < 4.78 is 0. The summed E-state index contributed by atoms with van der Waals surface area (Å²) in [5, 5.41) is 6.88. The van der Waals surface area contributed by atoms with Crippen LogP contribution in [0.1, 0.15) is 37.4 Å². The average Bonchev–Trinajstić information content (AvgIpc) is 2.79. The number of hydrogen-bond acceptors (Lipinski definition) is 4. The van der Waals surface area contributed by atoms with E-state index in [2.05, 4.69) is 41.4 Å². The van der Waals surface area contributed by atoms with Gasteiger partial charge in [-0.1, -0.05) is 13.8 Å². The molecule has 1 rings (SSSR count). The van der Waals surface area contributed by atoms with Gasteiger partial charge in [0, 0.05) is 24.0 Å². The highest BCUT2D eigenvalue weighted by atomic mass is 32.1. The zero-order chi connectivity index (χ0) is 13.2. The van der Waals surface area contributed by atoms with Crippen LogP contribution in [0.5, 0.6) is 0 Å². The van der Waals surface area contributed by atoms with Crippen molar-refractivity contribution in [2.75, 3.05) is 32.7 Å². The monoisotopic (exact) mass is 269 g/mol. The molecule has 1 aromatic rings. The van der Waals surface area contributed by atoms with E-state index in [0.29, 0.717) is 0 Å². The minimum absolute atomic E-state index is 1.05. The summed E-state index contributed by atoms with van der Waals surface area (Å²) in [6.45, 7) is 12.3. The van der Waals surface area contributed by atoms with Gasteiger partial charge < -0.3 is 10.2 Å². The molecule has 0 amide bonds. The number of thiazole rings is 1. The van der Waals surface area contributed by atoms with Gasteiger partial charge in [0.05, 0.1) is 5.01 Å². The fourth-order valence-corrected chi connectivity index (χ4v) is 2.74. The van der Waals surface area contributed by atoms with E-state index in [-0.39, 0.29) is 0 Å². The van der Waals surface area contributed by atoms with Crippen molar-refractivity contribution in [1.29, 1.82) is 0 Å². The first-order chi connectivity index (χ1) is 8.76. The van der Waals surface area contributed by atoms with Crippen molar-refractivity contribution in [2.45, 2.75) is 40.0 Å². The third-order valence-electron chi connectivity index (χ3n) is 3.15. The third kappa shape index (κ3) is 6.47. The molecule has 0 unspecified atom stereocenters. The molecule has 0 aliphatic rings. The van der Waals surface area contributed by atoms with E-state index in [0.717, 1.165) is 25.2 Å². The smallest absolute Gasteiger partial charge is 0.0940 e. The molecule has 0 atom stereocenters. The summed E-state index contributed by atoms with van der Waals surface area (Å²) in [6.07, 6.45) is 3.63. The maximum atomic E-state index is 4.46. The van der Waals surface area contributed by atoms with Crippen LogP contribution in [-0.2, 0) is 6.42 Å². The summed E-state index contributed by atoms with van der Waals surface area (Å²) in [6, 6.07) is 0. The van der Waals surface area contributed by atoms with Crippen LogP contribution in [-0.4, -0.2) is 42.6 Å². The molecule has 3 nitrogen and oxygen atoms in total. The standard InChI is InChI=1S/C14H27N3S/c1-4-17(5-2)11-7-6-9-15-10-8-14-16-13(3)12-18-14/h12,15H,4-11H2,1-3H3. The normalized spacial score (nSPS) is 11.3. The lowest BCUT2D eigenvalue weighted by Crippen LogP contribution is -2.25. The van der Waals surface area contributed by atoms with E-state index in [4.69, 9.17) is 0 Å².